The maximum absolute atomic E-state index is 12.0. The summed E-state index contributed by atoms with van der Waals surface area (Å²) in [6, 6.07) is 0. The molecule has 2 aliphatic heterocycles. The molecule has 0 atom stereocenters. The average Bonchev–Trinajstić information content (AvgIpc) is 2.28. The number of rotatable bonds is 5. The summed E-state index contributed by atoms with van der Waals surface area (Å²) in [7, 11) is 0. The predicted molar refractivity (Wildman–Crippen MR) is 65.9 cm³/mol. The number of nitrogens with zero attached hydrogens (tertiary/aromatic N) is 2. The molecule has 0 spiro atoms. The van der Waals surface area contributed by atoms with Crippen molar-refractivity contribution < 1.29 is 9.53 Å². The molecule has 0 bridgehead atoms. The summed E-state index contributed by atoms with van der Waals surface area (Å²) < 4.78 is 5.34. The van der Waals surface area contributed by atoms with E-state index in [2.05, 4.69) is 10.2 Å². The molecule has 2 saturated heterocycles. The molecule has 0 aromatic rings. The molecule has 0 aliphatic carbocycles. The Morgan fingerprint density at radius 1 is 1.29 bits per heavy atom. The van der Waals surface area contributed by atoms with Crippen LogP contribution in [0.3, 0.4) is 0 Å². The van der Waals surface area contributed by atoms with Gasteiger partial charge in [-0.3, -0.25) is 9.69 Å². The van der Waals surface area contributed by atoms with Crippen LogP contribution in [-0.2, 0) is 9.53 Å². The smallest absolute Gasteiger partial charge is 0.228 e. The summed E-state index contributed by atoms with van der Waals surface area (Å²) in [6.45, 7) is 10.0. The lowest BCUT2D eigenvalue weighted by Gasteiger charge is -2.38. The summed E-state index contributed by atoms with van der Waals surface area (Å²) in [4.78, 5) is 16.4. The number of piperazine rings is 1. The Hall–Kier alpha value is -0.650. The van der Waals surface area contributed by atoms with Crippen LogP contribution in [0.5, 0.6) is 0 Å². The number of carbonyl (C=O) groups excluding carboxylic acids is 1. The molecular formula is C12H23N3O2. The van der Waals surface area contributed by atoms with E-state index in [-0.39, 0.29) is 5.92 Å². The van der Waals surface area contributed by atoms with Crippen molar-refractivity contribution in [3.05, 3.63) is 0 Å². The highest BCUT2D eigenvalue weighted by Gasteiger charge is 2.30. The first-order valence-corrected chi connectivity index (χ1v) is 6.61. The summed E-state index contributed by atoms with van der Waals surface area (Å²) in [6.07, 6.45) is 0. The van der Waals surface area contributed by atoms with Gasteiger partial charge < -0.3 is 15.0 Å². The van der Waals surface area contributed by atoms with Gasteiger partial charge in [-0.1, -0.05) is 0 Å². The molecule has 0 unspecified atom stereocenters. The van der Waals surface area contributed by atoms with Gasteiger partial charge in [0.2, 0.25) is 5.91 Å². The van der Waals surface area contributed by atoms with Gasteiger partial charge in [-0.25, -0.2) is 0 Å². The minimum absolute atomic E-state index is 0.241. The van der Waals surface area contributed by atoms with Gasteiger partial charge in [0.1, 0.15) is 0 Å². The van der Waals surface area contributed by atoms with E-state index in [0.717, 1.165) is 59.0 Å². The Morgan fingerprint density at radius 2 is 2.00 bits per heavy atom. The lowest BCUT2D eigenvalue weighted by molar-refractivity contribution is -0.138. The predicted octanol–water partition coefficient (Wildman–Crippen LogP) is -0.613. The maximum atomic E-state index is 12.0. The molecule has 98 valence electrons. The van der Waals surface area contributed by atoms with E-state index in [1.807, 2.05) is 11.8 Å². The van der Waals surface area contributed by atoms with Crippen LogP contribution in [0.2, 0.25) is 0 Å². The van der Waals surface area contributed by atoms with E-state index in [0.29, 0.717) is 5.91 Å². The van der Waals surface area contributed by atoms with Gasteiger partial charge in [0.15, 0.2) is 0 Å². The van der Waals surface area contributed by atoms with Gasteiger partial charge in [0.25, 0.3) is 0 Å². The fourth-order valence-electron chi connectivity index (χ4n) is 2.25. The number of hydrogen-bond acceptors (Lipinski definition) is 4. The maximum Gasteiger partial charge on any atom is 0.228 e. The summed E-state index contributed by atoms with van der Waals surface area (Å²) in [5, 5.41) is 3.15. The summed E-state index contributed by atoms with van der Waals surface area (Å²) >= 11 is 0. The third-order valence-electron chi connectivity index (χ3n) is 3.57. The summed E-state index contributed by atoms with van der Waals surface area (Å²) in [5.74, 6) is 0.582. The van der Waals surface area contributed by atoms with E-state index < -0.39 is 0 Å². The third kappa shape index (κ3) is 3.40. The quantitative estimate of drug-likeness (QED) is 0.652. The molecule has 0 aromatic carbocycles. The summed E-state index contributed by atoms with van der Waals surface area (Å²) in [5.41, 5.74) is 0. The Labute approximate surface area is 103 Å². The van der Waals surface area contributed by atoms with Crippen LogP contribution in [0.4, 0.5) is 0 Å². The van der Waals surface area contributed by atoms with Gasteiger partial charge in [-0.2, -0.15) is 0 Å². The molecule has 2 rings (SSSR count). The van der Waals surface area contributed by atoms with Gasteiger partial charge in [-0.05, 0) is 6.92 Å². The van der Waals surface area contributed by atoms with Crippen molar-refractivity contribution in [2.24, 2.45) is 5.92 Å². The SMILES string of the molecule is CCOCCN1CCN(C(=O)C2CNC2)CC1. The van der Waals surface area contributed by atoms with E-state index in [4.69, 9.17) is 4.74 Å². The van der Waals surface area contributed by atoms with Crippen molar-refractivity contribution >= 4 is 5.91 Å². The zero-order chi connectivity index (χ0) is 12.1. The van der Waals surface area contributed by atoms with E-state index in [1.54, 1.807) is 0 Å². The van der Waals surface area contributed by atoms with Crippen molar-refractivity contribution in [1.82, 2.24) is 15.1 Å². The van der Waals surface area contributed by atoms with Crippen LogP contribution in [0, 0.1) is 5.92 Å². The molecule has 0 saturated carbocycles. The number of hydrogen-bond donors (Lipinski definition) is 1. The normalized spacial score (nSPS) is 22.5. The topological polar surface area (TPSA) is 44.8 Å². The van der Waals surface area contributed by atoms with Crippen molar-refractivity contribution in [3.63, 3.8) is 0 Å². The molecule has 5 heteroatoms. The second-order valence-corrected chi connectivity index (χ2v) is 4.72. The number of amides is 1. The standard InChI is InChI=1S/C12H23N3O2/c1-2-17-8-7-14-3-5-15(6-4-14)12(16)11-9-13-10-11/h11,13H,2-10H2,1H3. The van der Waals surface area contributed by atoms with Gasteiger partial charge in [-0.15, -0.1) is 0 Å². The van der Waals surface area contributed by atoms with Crippen LogP contribution in [0.25, 0.3) is 0 Å². The Morgan fingerprint density at radius 3 is 2.53 bits per heavy atom. The Kier molecular flexibility index (Phi) is 4.76. The number of nitrogens with one attached hydrogen (secondary N) is 1. The second-order valence-electron chi connectivity index (χ2n) is 4.72. The van der Waals surface area contributed by atoms with Crippen LogP contribution >= 0.6 is 0 Å². The molecule has 5 nitrogen and oxygen atoms in total. The molecule has 2 fully saturated rings. The zero-order valence-corrected chi connectivity index (χ0v) is 10.7. The Bertz CT molecular complexity index is 248. The lowest BCUT2D eigenvalue weighted by Crippen LogP contribution is -2.56. The molecule has 17 heavy (non-hydrogen) atoms. The van der Waals surface area contributed by atoms with E-state index in [9.17, 15) is 4.79 Å². The highest BCUT2D eigenvalue weighted by Crippen LogP contribution is 2.10. The molecule has 2 heterocycles. The highest BCUT2D eigenvalue weighted by molar-refractivity contribution is 5.80. The van der Waals surface area contributed by atoms with Crippen LogP contribution in [0.15, 0.2) is 0 Å². The van der Waals surface area contributed by atoms with Crippen molar-refractivity contribution in [2.45, 2.75) is 6.92 Å². The first-order valence-electron chi connectivity index (χ1n) is 6.61. The Balaban J connectivity index is 1.65. The lowest BCUT2D eigenvalue weighted by atomic mass is 10.0. The molecule has 2 aliphatic rings. The molecule has 0 aromatic heterocycles. The van der Waals surface area contributed by atoms with Crippen LogP contribution < -0.4 is 5.32 Å². The van der Waals surface area contributed by atoms with Crippen molar-refractivity contribution in [2.75, 3.05) is 59.0 Å². The first kappa shape index (κ1) is 12.8. The molecule has 1 amide bonds. The van der Waals surface area contributed by atoms with Crippen molar-refractivity contribution in [1.29, 1.82) is 0 Å². The van der Waals surface area contributed by atoms with E-state index in [1.165, 1.54) is 0 Å². The monoisotopic (exact) mass is 241 g/mol. The fourth-order valence-corrected chi connectivity index (χ4v) is 2.25. The number of ether oxygens (including phenoxy) is 1. The largest absolute Gasteiger partial charge is 0.380 e. The van der Waals surface area contributed by atoms with Gasteiger partial charge in [0.05, 0.1) is 12.5 Å². The minimum Gasteiger partial charge on any atom is -0.380 e. The highest BCUT2D eigenvalue weighted by atomic mass is 16.5. The molecular weight excluding hydrogens is 218 g/mol. The fraction of sp³-hybridized carbons (Fsp3) is 0.917. The second kappa shape index (κ2) is 6.33. The molecule has 1 N–H and O–H groups in total. The number of carbonyl (C=O) groups is 1. The minimum atomic E-state index is 0.241. The average molecular weight is 241 g/mol. The van der Waals surface area contributed by atoms with E-state index >= 15 is 0 Å². The van der Waals surface area contributed by atoms with Gasteiger partial charge in [0, 0.05) is 52.4 Å². The van der Waals surface area contributed by atoms with Crippen molar-refractivity contribution in [3.8, 4) is 0 Å². The molecule has 0 radical (unpaired) electrons. The first-order chi connectivity index (χ1) is 8.31. The zero-order valence-electron chi connectivity index (χ0n) is 10.7. The van der Waals surface area contributed by atoms with Gasteiger partial charge >= 0.3 is 0 Å². The third-order valence-corrected chi connectivity index (χ3v) is 3.57. The van der Waals surface area contributed by atoms with Crippen LogP contribution in [-0.4, -0.2) is 74.7 Å². The van der Waals surface area contributed by atoms with Crippen LogP contribution in [0.1, 0.15) is 6.92 Å².